The van der Waals surface area contributed by atoms with Gasteiger partial charge in [-0.25, -0.2) is 0 Å². The van der Waals surface area contributed by atoms with E-state index in [4.69, 9.17) is 0 Å². The molecule has 17 heavy (non-hydrogen) atoms. The summed E-state index contributed by atoms with van der Waals surface area (Å²) in [5, 5.41) is 3.54. The molecule has 3 nitrogen and oxygen atoms in total. The third kappa shape index (κ3) is 3.61. The van der Waals surface area contributed by atoms with Crippen LogP contribution in [0, 0.1) is 0 Å². The minimum Gasteiger partial charge on any atom is -0.305 e. The van der Waals surface area contributed by atoms with Crippen LogP contribution in [0.5, 0.6) is 0 Å². The first-order valence-corrected chi connectivity index (χ1v) is 7.34. The molecule has 0 bridgehead atoms. The van der Waals surface area contributed by atoms with Gasteiger partial charge in [0.25, 0.3) is 0 Å². The normalized spacial score (nSPS) is 19.2. The van der Waals surface area contributed by atoms with Crippen LogP contribution in [0.25, 0.3) is 0 Å². The van der Waals surface area contributed by atoms with Crippen molar-refractivity contribution < 1.29 is 0 Å². The van der Waals surface area contributed by atoms with Crippen molar-refractivity contribution in [2.24, 2.45) is 0 Å². The van der Waals surface area contributed by atoms with Gasteiger partial charge in [0, 0.05) is 0 Å². The molecule has 0 amide bonds. The van der Waals surface area contributed by atoms with Gasteiger partial charge in [0.2, 0.25) is 0 Å². The average molecular weight is 251 g/mol. The van der Waals surface area contributed by atoms with Crippen LogP contribution in [-0.2, 0) is 0 Å². The number of likely N-dealkylation sites (N-methyl/N-ethyl adjacent to an activating group) is 1. The van der Waals surface area contributed by atoms with E-state index in [0.29, 0.717) is 0 Å². The van der Waals surface area contributed by atoms with Gasteiger partial charge in [0.15, 0.2) is 0 Å². The Morgan fingerprint density at radius 3 is 3.00 bits per heavy atom. The molecule has 0 fully saturated rings. The van der Waals surface area contributed by atoms with Crippen molar-refractivity contribution in [1.29, 1.82) is 0 Å². The zero-order valence-corrected chi connectivity index (χ0v) is 11.3. The third-order valence-electron chi connectivity index (χ3n) is 3.28. The smallest absolute Gasteiger partial charge is 0.0954 e. The number of rotatable bonds is 4. The molecule has 1 N–H and O–H groups in total. The Bertz CT molecular complexity index is 346. The number of allylic oxidation sites excluding steroid dienone is 1. The molecule has 1 aromatic rings. The van der Waals surface area contributed by atoms with Gasteiger partial charge < -0.3 is 5.32 Å². The van der Waals surface area contributed by atoms with Crippen molar-refractivity contribution in [2.75, 3.05) is 6.54 Å². The molecule has 0 saturated carbocycles. The highest BCUT2D eigenvalue weighted by Gasteiger charge is 2.18. The minimum atomic E-state index is 0.289. The zero-order chi connectivity index (χ0) is 11.9. The van der Waals surface area contributed by atoms with E-state index in [1.54, 1.807) is 0 Å². The Hall–Kier alpha value is -0.740. The fourth-order valence-corrected chi connectivity index (χ4v) is 2.86. The van der Waals surface area contributed by atoms with Gasteiger partial charge in [-0.3, -0.25) is 0 Å². The van der Waals surface area contributed by atoms with Gasteiger partial charge in [-0.05, 0) is 32.2 Å². The lowest BCUT2D eigenvalue weighted by Gasteiger charge is -2.21. The van der Waals surface area contributed by atoms with E-state index >= 15 is 0 Å². The van der Waals surface area contributed by atoms with Crippen LogP contribution < -0.4 is 5.32 Å². The number of aromatic nitrogens is 2. The van der Waals surface area contributed by atoms with Crippen molar-refractivity contribution in [1.82, 2.24) is 14.1 Å². The average Bonchev–Trinajstić information content (AvgIpc) is 2.79. The highest BCUT2D eigenvalue weighted by Crippen LogP contribution is 2.27. The molecule has 0 saturated heterocycles. The molecule has 1 heterocycles. The predicted molar refractivity (Wildman–Crippen MR) is 72.1 cm³/mol. The van der Waals surface area contributed by atoms with Crippen molar-refractivity contribution >= 4 is 11.7 Å². The lowest BCUT2D eigenvalue weighted by atomic mass is 9.93. The van der Waals surface area contributed by atoms with Gasteiger partial charge in [-0.15, -0.1) is 0 Å². The monoisotopic (exact) mass is 251 g/mol. The van der Waals surface area contributed by atoms with E-state index in [1.807, 2.05) is 6.20 Å². The summed E-state index contributed by atoms with van der Waals surface area (Å²) >= 11 is 1.30. The highest BCUT2D eigenvalue weighted by atomic mass is 32.1. The molecule has 2 rings (SSSR count). The maximum atomic E-state index is 4.39. The maximum Gasteiger partial charge on any atom is 0.0954 e. The number of hydrogen-bond acceptors (Lipinski definition) is 4. The van der Waals surface area contributed by atoms with Crippen LogP contribution >= 0.6 is 11.7 Å². The predicted octanol–water partition coefficient (Wildman–Crippen LogP) is 3.47. The van der Waals surface area contributed by atoms with Crippen LogP contribution in [-0.4, -0.2) is 15.3 Å². The summed E-state index contributed by atoms with van der Waals surface area (Å²) in [6.07, 6.45) is 12.1. The lowest BCUT2D eigenvalue weighted by Crippen LogP contribution is -2.23. The summed E-state index contributed by atoms with van der Waals surface area (Å²) in [5.74, 6) is 0. The largest absolute Gasteiger partial charge is 0.305 e. The van der Waals surface area contributed by atoms with Gasteiger partial charge >= 0.3 is 0 Å². The van der Waals surface area contributed by atoms with Crippen LogP contribution in [0.4, 0.5) is 0 Å². The Balaban J connectivity index is 2.13. The second kappa shape index (κ2) is 6.87. The lowest BCUT2D eigenvalue weighted by molar-refractivity contribution is 0.548. The van der Waals surface area contributed by atoms with Crippen LogP contribution in [0.15, 0.2) is 17.8 Å². The van der Waals surface area contributed by atoms with Gasteiger partial charge in [0.1, 0.15) is 0 Å². The van der Waals surface area contributed by atoms with E-state index < -0.39 is 0 Å². The molecule has 94 valence electrons. The molecule has 1 aromatic heterocycles. The highest BCUT2D eigenvalue weighted by molar-refractivity contribution is 6.99. The third-order valence-corrected chi connectivity index (χ3v) is 3.77. The molecule has 4 heteroatoms. The van der Waals surface area contributed by atoms with Crippen LogP contribution in [0.1, 0.15) is 57.2 Å². The summed E-state index contributed by atoms with van der Waals surface area (Å²) in [7, 11) is 0. The molecule has 1 aliphatic rings. The van der Waals surface area contributed by atoms with Crippen LogP contribution in [0.3, 0.4) is 0 Å². The summed E-state index contributed by atoms with van der Waals surface area (Å²) in [5.41, 5.74) is 2.60. The molecule has 0 radical (unpaired) electrons. The van der Waals surface area contributed by atoms with E-state index in [9.17, 15) is 0 Å². The number of nitrogens with one attached hydrogen (secondary N) is 1. The van der Waals surface area contributed by atoms with Gasteiger partial charge in [0.05, 0.1) is 29.7 Å². The summed E-state index contributed by atoms with van der Waals surface area (Å²) in [4.78, 5) is 0. The number of nitrogens with zero attached hydrogens (tertiary/aromatic N) is 2. The molecular weight excluding hydrogens is 230 g/mol. The first-order chi connectivity index (χ1) is 8.42. The van der Waals surface area contributed by atoms with Crippen molar-refractivity contribution in [3.8, 4) is 0 Å². The molecule has 1 unspecified atom stereocenters. The molecule has 0 spiro atoms. The molecule has 1 atom stereocenters. The van der Waals surface area contributed by atoms with E-state index in [2.05, 4.69) is 27.1 Å². The van der Waals surface area contributed by atoms with Crippen LogP contribution in [0.2, 0.25) is 0 Å². The molecular formula is C13H21N3S. The molecule has 0 aromatic carbocycles. The minimum absolute atomic E-state index is 0.289. The van der Waals surface area contributed by atoms with Crippen molar-refractivity contribution in [2.45, 2.75) is 51.5 Å². The quantitative estimate of drug-likeness (QED) is 0.833. The summed E-state index contributed by atoms with van der Waals surface area (Å²) in [6, 6.07) is 0.289. The Morgan fingerprint density at radius 1 is 1.35 bits per heavy atom. The fraction of sp³-hybridized carbons (Fsp3) is 0.692. The summed E-state index contributed by atoms with van der Waals surface area (Å²) < 4.78 is 8.52. The van der Waals surface area contributed by atoms with E-state index in [0.717, 1.165) is 12.2 Å². The Morgan fingerprint density at radius 2 is 2.24 bits per heavy atom. The first-order valence-electron chi connectivity index (χ1n) is 6.61. The second-order valence-corrected chi connectivity index (χ2v) is 5.11. The van der Waals surface area contributed by atoms with Crippen molar-refractivity contribution in [3.05, 3.63) is 23.5 Å². The van der Waals surface area contributed by atoms with Gasteiger partial charge in [-0.2, -0.15) is 8.75 Å². The number of hydrogen-bond donors (Lipinski definition) is 1. The molecule has 1 aliphatic carbocycles. The first kappa shape index (κ1) is 12.7. The SMILES string of the molecule is CCNC(C1=CCCCCCC1)c1cnsn1. The fourth-order valence-electron chi connectivity index (χ4n) is 2.41. The standard InChI is InChI=1S/C13H21N3S/c1-2-14-13(12-10-15-17-16-12)11-8-6-4-3-5-7-9-11/h8,10,13-14H,2-7,9H2,1H3. The topological polar surface area (TPSA) is 37.8 Å². The Labute approximate surface area is 108 Å². The van der Waals surface area contributed by atoms with Gasteiger partial charge in [-0.1, -0.05) is 31.4 Å². The second-order valence-electron chi connectivity index (χ2n) is 4.55. The Kier molecular flexibility index (Phi) is 5.13. The van der Waals surface area contributed by atoms with E-state index in [-0.39, 0.29) is 6.04 Å². The zero-order valence-electron chi connectivity index (χ0n) is 10.5. The van der Waals surface area contributed by atoms with E-state index in [1.165, 1.54) is 55.8 Å². The molecule has 0 aliphatic heterocycles. The maximum absolute atomic E-state index is 4.39. The summed E-state index contributed by atoms with van der Waals surface area (Å²) in [6.45, 7) is 3.12. The van der Waals surface area contributed by atoms with Crippen molar-refractivity contribution in [3.63, 3.8) is 0 Å².